The van der Waals surface area contributed by atoms with Crippen LogP contribution < -0.4 is 10.5 Å². The number of hydrogen-bond acceptors (Lipinski definition) is 8. The van der Waals surface area contributed by atoms with Gasteiger partial charge in [-0.3, -0.25) is 4.79 Å². The lowest BCUT2D eigenvalue weighted by atomic mass is 10.1. The molecule has 4 aromatic rings. The Balaban J connectivity index is 1.42. The third kappa shape index (κ3) is 8.58. The van der Waals surface area contributed by atoms with Crippen LogP contribution in [0.4, 0.5) is 5.82 Å². The van der Waals surface area contributed by atoms with Gasteiger partial charge in [0.25, 0.3) is 0 Å². The number of benzene rings is 2. The van der Waals surface area contributed by atoms with Crippen LogP contribution in [0.25, 0.3) is 21.9 Å². The molecule has 2 aromatic carbocycles. The van der Waals surface area contributed by atoms with Crippen LogP contribution in [-0.4, -0.2) is 70.7 Å². The number of alkyl halides is 1. The number of imidazole rings is 1. The topological polar surface area (TPSA) is 122 Å². The average molecular weight is 610 g/mol. The highest BCUT2D eigenvalue weighted by Gasteiger charge is 2.18. The fourth-order valence-corrected chi connectivity index (χ4v) is 5.05. The third-order valence-corrected chi connectivity index (χ3v) is 7.18. The number of halogens is 1. The largest absolute Gasteiger partial charge is 0.482 e. The minimum absolute atomic E-state index is 0.108. The Hall–Kier alpha value is -3.89. The number of nitrogens with zero attached hydrogens (tertiary/aromatic N) is 4. The van der Waals surface area contributed by atoms with E-state index in [1.807, 2.05) is 56.3 Å². The molecule has 2 aromatic heterocycles. The summed E-state index contributed by atoms with van der Waals surface area (Å²) in [5.74, 6) is 1.41. The maximum Gasteiger partial charge on any atom is 0.344 e. The number of aryl methyl sites for hydroxylation is 1. The van der Waals surface area contributed by atoms with E-state index in [2.05, 4.69) is 9.55 Å². The summed E-state index contributed by atoms with van der Waals surface area (Å²) in [5.41, 5.74) is 9.67. The fourth-order valence-electron chi connectivity index (χ4n) is 4.88. The van der Waals surface area contributed by atoms with Gasteiger partial charge < -0.3 is 29.4 Å². The number of unbranched alkanes of at least 4 members (excludes halogenated alkanes) is 1. The summed E-state index contributed by atoms with van der Waals surface area (Å²) < 4.78 is 18.3. The molecule has 43 heavy (non-hydrogen) atoms. The number of nitrogens with two attached hydrogens (primary N) is 1. The zero-order chi connectivity index (χ0) is 30.8. The number of hydrogen-bond donors (Lipinski definition) is 1. The van der Waals surface area contributed by atoms with E-state index in [1.165, 1.54) is 0 Å². The van der Waals surface area contributed by atoms with Crippen LogP contribution >= 0.6 is 11.6 Å². The summed E-state index contributed by atoms with van der Waals surface area (Å²) in [7, 11) is 1.67. The molecule has 2 N–H and O–H groups in total. The van der Waals surface area contributed by atoms with Gasteiger partial charge in [-0.1, -0.05) is 44.2 Å². The van der Waals surface area contributed by atoms with E-state index in [0.717, 1.165) is 40.6 Å². The zero-order valence-corrected chi connectivity index (χ0v) is 25.8. The van der Waals surface area contributed by atoms with Crippen molar-refractivity contribution in [2.45, 2.75) is 46.2 Å². The number of rotatable bonds is 16. The minimum atomic E-state index is -0.416. The predicted octanol–water partition coefficient (Wildman–Crippen LogP) is 4.98. The van der Waals surface area contributed by atoms with Gasteiger partial charge in [-0.25, -0.2) is 14.8 Å². The number of methoxy groups -OCH3 is 1. The SMILES string of the molecule is COCCc1nc2c(N)nc3ccccc3c2n1CCCCN(Cc1cccc(OCC(=O)OCC(C)C)c1)C(=O)CCl. The van der Waals surface area contributed by atoms with Gasteiger partial charge in [0.2, 0.25) is 5.91 Å². The van der Waals surface area contributed by atoms with Crippen LogP contribution in [0, 0.1) is 5.92 Å². The molecule has 10 nitrogen and oxygen atoms in total. The van der Waals surface area contributed by atoms with Gasteiger partial charge in [0.15, 0.2) is 12.4 Å². The van der Waals surface area contributed by atoms with Crippen molar-refractivity contribution in [3.05, 3.63) is 59.9 Å². The highest BCUT2D eigenvalue weighted by Crippen LogP contribution is 2.29. The van der Waals surface area contributed by atoms with E-state index in [0.29, 0.717) is 56.4 Å². The second-order valence-electron chi connectivity index (χ2n) is 10.8. The number of carbonyl (C=O) groups excluding carboxylic acids is 2. The maximum absolute atomic E-state index is 12.7. The molecule has 0 bridgehead atoms. The Kier molecular flexibility index (Phi) is 11.6. The molecule has 0 fully saturated rings. The van der Waals surface area contributed by atoms with Crippen molar-refractivity contribution in [1.82, 2.24) is 19.4 Å². The number of fused-ring (bicyclic) bond motifs is 3. The van der Waals surface area contributed by atoms with Crippen molar-refractivity contribution >= 4 is 51.2 Å². The van der Waals surface area contributed by atoms with Crippen LogP contribution in [0.2, 0.25) is 0 Å². The van der Waals surface area contributed by atoms with E-state index in [-0.39, 0.29) is 24.3 Å². The second-order valence-corrected chi connectivity index (χ2v) is 11.1. The van der Waals surface area contributed by atoms with Gasteiger partial charge in [-0.05, 0) is 42.5 Å². The van der Waals surface area contributed by atoms with Crippen LogP contribution in [0.5, 0.6) is 5.75 Å². The van der Waals surface area contributed by atoms with Crippen molar-refractivity contribution in [2.75, 3.05) is 45.1 Å². The fraction of sp³-hybridized carbons (Fsp3) is 0.438. The van der Waals surface area contributed by atoms with Gasteiger partial charge in [-0.2, -0.15) is 0 Å². The number of esters is 1. The molecule has 0 spiro atoms. The number of anilines is 1. The Morgan fingerprint density at radius 2 is 1.91 bits per heavy atom. The van der Waals surface area contributed by atoms with Crippen molar-refractivity contribution < 1.29 is 23.8 Å². The summed E-state index contributed by atoms with van der Waals surface area (Å²) in [6.45, 7) is 6.26. The first-order valence-electron chi connectivity index (χ1n) is 14.5. The molecule has 230 valence electrons. The van der Waals surface area contributed by atoms with Gasteiger partial charge in [0, 0.05) is 38.6 Å². The van der Waals surface area contributed by atoms with Crippen molar-refractivity contribution in [2.24, 2.45) is 5.92 Å². The van der Waals surface area contributed by atoms with E-state index < -0.39 is 5.97 Å². The highest BCUT2D eigenvalue weighted by atomic mass is 35.5. The smallest absolute Gasteiger partial charge is 0.344 e. The molecular weight excluding hydrogens is 570 g/mol. The van der Waals surface area contributed by atoms with Crippen molar-refractivity contribution in [3.8, 4) is 5.75 Å². The summed E-state index contributed by atoms with van der Waals surface area (Å²) in [6.07, 6.45) is 2.20. The normalized spacial score (nSPS) is 11.4. The maximum atomic E-state index is 12.7. The molecule has 4 rings (SSSR count). The molecule has 0 aliphatic carbocycles. The number of pyridine rings is 1. The van der Waals surface area contributed by atoms with Crippen LogP contribution in [-0.2, 0) is 38.6 Å². The van der Waals surface area contributed by atoms with Gasteiger partial charge in [-0.15, -0.1) is 11.6 Å². The second kappa shape index (κ2) is 15.5. The zero-order valence-electron chi connectivity index (χ0n) is 25.1. The Morgan fingerprint density at radius 3 is 2.67 bits per heavy atom. The van der Waals surface area contributed by atoms with Gasteiger partial charge >= 0.3 is 5.97 Å². The quantitative estimate of drug-likeness (QED) is 0.107. The number of carbonyl (C=O) groups is 2. The molecule has 0 saturated heterocycles. The lowest BCUT2D eigenvalue weighted by molar-refractivity contribution is -0.147. The average Bonchev–Trinajstić information content (AvgIpc) is 3.38. The van der Waals surface area contributed by atoms with Gasteiger partial charge in [0.05, 0.1) is 24.2 Å². The number of ether oxygens (including phenoxy) is 3. The predicted molar refractivity (Wildman–Crippen MR) is 168 cm³/mol. The first-order chi connectivity index (χ1) is 20.8. The Morgan fingerprint density at radius 1 is 1.09 bits per heavy atom. The molecule has 0 aliphatic rings. The van der Waals surface area contributed by atoms with Gasteiger partial charge in [0.1, 0.15) is 23.0 Å². The van der Waals surface area contributed by atoms with E-state index in [1.54, 1.807) is 18.1 Å². The number of para-hydroxylation sites is 1. The summed E-state index contributed by atoms with van der Waals surface area (Å²) >= 11 is 5.97. The molecule has 0 atom stereocenters. The molecule has 1 amide bonds. The molecule has 0 saturated carbocycles. The van der Waals surface area contributed by atoms with Crippen molar-refractivity contribution in [3.63, 3.8) is 0 Å². The summed E-state index contributed by atoms with van der Waals surface area (Å²) in [5, 5.41) is 0.997. The number of aromatic nitrogens is 3. The van der Waals surface area contributed by atoms with E-state index in [4.69, 9.17) is 36.5 Å². The first-order valence-corrected chi connectivity index (χ1v) is 15.1. The van der Waals surface area contributed by atoms with Crippen molar-refractivity contribution in [1.29, 1.82) is 0 Å². The monoisotopic (exact) mass is 609 g/mol. The summed E-state index contributed by atoms with van der Waals surface area (Å²) in [4.78, 5) is 35.8. The molecule has 2 heterocycles. The molecule has 0 unspecified atom stereocenters. The van der Waals surface area contributed by atoms with Crippen LogP contribution in [0.1, 0.15) is 38.1 Å². The van der Waals surface area contributed by atoms with Crippen LogP contribution in [0.15, 0.2) is 48.5 Å². The third-order valence-electron chi connectivity index (χ3n) is 6.95. The number of amides is 1. The lowest BCUT2D eigenvalue weighted by Crippen LogP contribution is -2.32. The summed E-state index contributed by atoms with van der Waals surface area (Å²) in [6, 6.07) is 15.3. The first kappa shape index (κ1) is 32.0. The minimum Gasteiger partial charge on any atom is -0.482 e. The number of nitrogen functional groups attached to an aromatic ring is 1. The molecule has 0 radical (unpaired) electrons. The molecule has 11 heteroatoms. The molecular formula is C32H40ClN5O5. The molecule has 0 aliphatic heterocycles. The van der Waals surface area contributed by atoms with E-state index in [9.17, 15) is 9.59 Å². The lowest BCUT2D eigenvalue weighted by Gasteiger charge is -2.22. The van der Waals surface area contributed by atoms with Crippen LogP contribution in [0.3, 0.4) is 0 Å². The Bertz CT molecular complexity index is 1540. The standard InChI is InChI=1S/C32H40ClN5O5/c1-22(2)20-43-29(40)21-42-24-10-8-9-23(17-24)19-37(28(39)18-33)14-6-7-15-38-27(13-16-41-3)36-30-31(38)25-11-4-5-12-26(25)35-32(30)34/h4-5,8-12,17,22H,6-7,13-16,18-21H2,1-3H3,(H2,34,35). The highest BCUT2D eigenvalue weighted by molar-refractivity contribution is 6.27. The Labute approximate surface area is 257 Å². The van der Waals surface area contributed by atoms with E-state index >= 15 is 0 Å².